The van der Waals surface area contributed by atoms with Gasteiger partial charge in [-0.15, -0.1) is 0 Å². The Hall–Kier alpha value is -3.13. The molecule has 0 unspecified atom stereocenters. The number of ether oxygens (including phenoxy) is 1. The Morgan fingerprint density at radius 2 is 1.77 bits per heavy atom. The summed E-state index contributed by atoms with van der Waals surface area (Å²) in [4.78, 5) is 20.3. The minimum Gasteiger partial charge on any atom is -0.497 e. The average molecular weight is 523 g/mol. The molecule has 0 aliphatic rings. The van der Waals surface area contributed by atoms with Crippen LogP contribution in [0.3, 0.4) is 0 Å². The molecule has 0 amide bonds. The number of methoxy groups -OCH3 is 1. The second-order valence-corrected chi connectivity index (χ2v) is 8.54. The van der Waals surface area contributed by atoms with Crippen molar-refractivity contribution >= 4 is 51.3 Å². The number of hydrogen-bond acceptors (Lipinski definition) is 4. The first-order valence-electron chi connectivity index (χ1n) is 9.78. The number of nitrogens with zero attached hydrogens (tertiary/aromatic N) is 3. The molecule has 0 atom stereocenters. The van der Waals surface area contributed by atoms with Crippen LogP contribution in [-0.4, -0.2) is 30.8 Å². The molecule has 0 saturated heterocycles. The molecule has 4 aromatic rings. The van der Waals surface area contributed by atoms with Gasteiger partial charge in [-0.25, -0.2) is 4.98 Å². The van der Waals surface area contributed by atoms with Crippen molar-refractivity contribution in [3.8, 4) is 11.4 Å². The van der Waals surface area contributed by atoms with E-state index in [0.717, 1.165) is 14.8 Å². The van der Waals surface area contributed by atoms with Gasteiger partial charge in [0.15, 0.2) is 0 Å². The second kappa shape index (κ2) is 8.93. The van der Waals surface area contributed by atoms with Gasteiger partial charge in [-0.2, -0.15) is 0 Å². The number of halogens is 1. The van der Waals surface area contributed by atoms with Crippen molar-refractivity contribution < 1.29 is 4.74 Å². The Kier molecular flexibility index (Phi) is 6.08. The van der Waals surface area contributed by atoms with Gasteiger partial charge in [-0.05, 0) is 76.7 Å². The summed E-state index contributed by atoms with van der Waals surface area (Å²) in [6, 6.07) is 21.4. The zero-order valence-electron chi connectivity index (χ0n) is 17.5. The summed E-state index contributed by atoms with van der Waals surface area (Å²) >= 11 is 2.21. The van der Waals surface area contributed by atoms with Crippen LogP contribution in [0, 0.1) is 3.57 Å². The van der Waals surface area contributed by atoms with Crippen molar-refractivity contribution in [2.24, 2.45) is 0 Å². The zero-order valence-corrected chi connectivity index (χ0v) is 19.7. The molecule has 6 heteroatoms. The molecule has 0 fully saturated rings. The quantitative estimate of drug-likeness (QED) is 0.336. The first kappa shape index (κ1) is 21.1. The van der Waals surface area contributed by atoms with Crippen LogP contribution in [0.1, 0.15) is 11.4 Å². The third-order valence-corrected chi connectivity index (χ3v) is 5.67. The summed E-state index contributed by atoms with van der Waals surface area (Å²) in [5.41, 5.74) is 3.43. The molecule has 0 spiro atoms. The third kappa shape index (κ3) is 4.49. The summed E-state index contributed by atoms with van der Waals surface area (Å²) in [6.45, 7) is 0. The molecule has 0 aliphatic carbocycles. The molecule has 4 rings (SSSR count). The zero-order chi connectivity index (χ0) is 22.0. The maximum atomic E-state index is 13.5. The fraction of sp³-hybridized carbons (Fsp3) is 0.120. The molecule has 0 saturated carbocycles. The molecule has 0 N–H and O–H groups in total. The van der Waals surface area contributed by atoms with E-state index in [1.54, 1.807) is 11.7 Å². The predicted octanol–water partition coefficient (Wildman–Crippen LogP) is 5.24. The van der Waals surface area contributed by atoms with Gasteiger partial charge in [-0.3, -0.25) is 9.36 Å². The standard InChI is InChI=1S/C25H22IN3O2/c1-28(2)19-11-7-17(8-12-19)9-14-24-27-23-13-10-18(26)15-22(23)25(30)29(24)20-5-4-6-21(16-20)31-3/h4-16H,1-3H3. The molecule has 31 heavy (non-hydrogen) atoms. The predicted molar refractivity (Wildman–Crippen MR) is 136 cm³/mol. The SMILES string of the molecule is COc1cccc(-n2c(C=Cc3ccc(N(C)C)cc3)nc3ccc(I)cc3c2=O)c1. The van der Waals surface area contributed by atoms with E-state index in [9.17, 15) is 4.79 Å². The van der Waals surface area contributed by atoms with Crippen molar-refractivity contribution in [1.29, 1.82) is 0 Å². The van der Waals surface area contributed by atoms with E-state index >= 15 is 0 Å². The fourth-order valence-electron chi connectivity index (χ4n) is 3.34. The van der Waals surface area contributed by atoms with Crippen LogP contribution in [0.2, 0.25) is 0 Å². The maximum absolute atomic E-state index is 13.5. The molecule has 0 bridgehead atoms. The molecule has 1 heterocycles. The van der Waals surface area contributed by atoms with Crippen molar-refractivity contribution in [2.45, 2.75) is 0 Å². The minimum absolute atomic E-state index is 0.112. The van der Waals surface area contributed by atoms with Crippen LogP contribution in [0.15, 0.2) is 71.5 Å². The van der Waals surface area contributed by atoms with Crippen molar-refractivity contribution in [2.75, 3.05) is 26.1 Å². The van der Waals surface area contributed by atoms with E-state index in [0.29, 0.717) is 28.2 Å². The first-order chi connectivity index (χ1) is 15.0. The summed E-state index contributed by atoms with van der Waals surface area (Å²) < 4.78 is 7.99. The Bertz CT molecular complexity index is 1330. The molecule has 3 aromatic carbocycles. The number of aromatic nitrogens is 2. The van der Waals surface area contributed by atoms with Crippen LogP contribution in [-0.2, 0) is 0 Å². The number of anilines is 1. The Labute approximate surface area is 194 Å². The van der Waals surface area contributed by atoms with Gasteiger partial charge >= 0.3 is 0 Å². The molecular weight excluding hydrogens is 501 g/mol. The lowest BCUT2D eigenvalue weighted by Gasteiger charge is -2.13. The monoisotopic (exact) mass is 523 g/mol. The molecule has 156 valence electrons. The molecule has 1 aromatic heterocycles. The Morgan fingerprint density at radius 1 is 1.00 bits per heavy atom. The van der Waals surface area contributed by atoms with E-state index in [-0.39, 0.29) is 5.56 Å². The second-order valence-electron chi connectivity index (χ2n) is 7.29. The van der Waals surface area contributed by atoms with Gasteiger partial charge in [0.2, 0.25) is 0 Å². The van der Waals surface area contributed by atoms with Gasteiger partial charge in [0, 0.05) is 29.4 Å². The highest BCUT2D eigenvalue weighted by molar-refractivity contribution is 14.1. The maximum Gasteiger partial charge on any atom is 0.266 e. The summed E-state index contributed by atoms with van der Waals surface area (Å²) in [6.07, 6.45) is 3.85. The summed E-state index contributed by atoms with van der Waals surface area (Å²) in [7, 11) is 5.64. The van der Waals surface area contributed by atoms with Crippen molar-refractivity contribution in [1.82, 2.24) is 9.55 Å². The lowest BCUT2D eigenvalue weighted by atomic mass is 10.1. The van der Waals surface area contributed by atoms with Gasteiger partial charge in [0.1, 0.15) is 11.6 Å². The van der Waals surface area contributed by atoms with E-state index in [2.05, 4.69) is 39.6 Å². The Morgan fingerprint density at radius 3 is 2.48 bits per heavy atom. The van der Waals surface area contributed by atoms with Crippen LogP contribution in [0.25, 0.3) is 28.7 Å². The largest absolute Gasteiger partial charge is 0.497 e. The van der Waals surface area contributed by atoms with E-state index < -0.39 is 0 Å². The summed E-state index contributed by atoms with van der Waals surface area (Å²) in [5, 5.41) is 0.585. The summed E-state index contributed by atoms with van der Waals surface area (Å²) in [5.74, 6) is 1.24. The van der Waals surface area contributed by atoms with Gasteiger partial charge in [-0.1, -0.05) is 24.3 Å². The number of rotatable bonds is 5. The van der Waals surface area contributed by atoms with Crippen LogP contribution in [0.4, 0.5) is 5.69 Å². The highest BCUT2D eigenvalue weighted by Gasteiger charge is 2.12. The van der Waals surface area contributed by atoms with Crippen molar-refractivity contribution in [3.63, 3.8) is 0 Å². The topological polar surface area (TPSA) is 47.4 Å². The van der Waals surface area contributed by atoms with Crippen LogP contribution < -0.4 is 15.2 Å². The lowest BCUT2D eigenvalue weighted by Crippen LogP contribution is -2.22. The van der Waals surface area contributed by atoms with Gasteiger partial charge < -0.3 is 9.64 Å². The van der Waals surface area contributed by atoms with Crippen LogP contribution >= 0.6 is 22.6 Å². The fourth-order valence-corrected chi connectivity index (χ4v) is 3.83. The average Bonchev–Trinajstić information content (AvgIpc) is 2.78. The smallest absolute Gasteiger partial charge is 0.266 e. The van der Waals surface area contributed by atoms with E-state index in [4.69, 9.17) is 9.72 Å². The number of benzene rings is 3. The number of fused-ring (bicyclic) bond motifs is 1. The number of hydrogen-bond donors (Lipinski definition) is 0. The van der Waals surface area contributed by atoms with E-state index in [1.807, 2.05) is 80.8 Å². The van der Waals surface area contributed by atoms with Crippen LogP contribution in [0.5, 0.6) is 5.75 Å². The molecule has 5 nitrogen and oxygen atoms in total. The molecular formula is C25H22IN3O2. The molecule has 0 aliphatic heterocycles. The highest BCUT2D eigenvalue weighted by Crippen LogP contribution is 2.21. The van der Waals surface area contributed by atoms with Crippen molar-refractivity contribution in [3.05, 3.63) is 92.0 Å². The Balaban J connectivity index is 1.88. The van der Waals surface area contributed by atoms with Gasteiger partial charge in [0.25, 0.3) is 5.56 Å². The highest BCUT2D eigenvalue weighted by atomic mass is 127. The van der Waals surface area contributed by atoms with Gasteiger partial charge in [0.05, 0.1) is 23.7 Å². The normalized spacial score (nSPS) is 11.2. The third-order valence-electron chi connectivity index (χ3n) is 5.00. The molecule has 0 radical (unpaired) electrons. The lowest BCUT2D eigenvalue weighted by molar-refractivity contribution is 0.414. The first-order valence-corrected chi connectivity index (χ1v) is 10.9. The minimum atomic E-state index is -0.112. The van der Waals surface area contributed by atoms with E-state index in [1.165, 1.54) is 0 Å².